The van der Waals surface area contributed by atoms with Crippen LogP contribution in [0.1, 0.15) is 31.1 Å². The highest BCUT2D eigenvalue weighted by molar-refractivity contribution is 6.13. The van der Waals surface area contributed by atoms with Crippen LogP contribution in [0.5, 0.6) is 0 Å². The van der Waals surface area contributed by atoms with Gasteiger partial charge in [-0.1, -0.05) is 24.3 Å². The number of rotatable bonds is 4. The maximum atomic E-state index is 12.3. The first-order chi connectivity index (χ1) is 16.5. The number of H-pyrrole nitrogens is 1. The van der Waals surface area contributed by atoms with E-state index in [1.165, 1.54) is 0 Å². The topological polar surface area (TPSA) is 147 Å². The number of amides is 4. The van der Waals surface area contributed by atoms with Crippen molar-refractivity contribution in [1.29, 1.82) is 0 Å². The van der Waals surface area contributed by atoms with E-state index in [1.54, 1.807) is 11.0 Å². The summed E-state index contributed by atoms with van der Waals surface area (Å²) in [5.74, 6) is -0.484. The number of nitrogens with one attached hydrogen (secondary N) is 2. The Morgan fingerprint density at radius 3 is 2.14 bits per heavy atom. The summed E-state index contributed by atoms with van der Waals surface area (Å²) >= 11 is 0. The normalized spacial score (nSPS) is 14.1. The lowest BCUT2D eigenvalue weighted by atomic mass is 10.0. The van der Waals surface area contributed by atoms with Crippen molar-refractivity contribution >= 4 is 40.4 Å². The van der Waals surface area contributed by atoms with Crippen molar-refractivity contribution in [2.24, 2.45) is 11.5 Å². The number of hydrogen-bond acceptors (Lipinski definition) is 5. The number of urea groups is 1. The molecule has 1 fully saturated rings. The van der Waals surface area contributed by atoms with Gasteiger partial charge in [-0.25, -0.2) is 9.59 Å². The maximum absolute atomic E-state index is 12.3. The van der Waals surface area contributed by atoms with Crippen LogP contribution in [-0.2, 0) is 4.74 Å². The molecule has 6 N–H and O–H groups in total. The standard InChI is InChI=1S/C25H30N6O4/c1-25(2,3)35-24(34)31-12-10-30(11-13-31)17-7-4-15(5-8-17)16-6-9-18-19(14-16)28-22(29-23(27)33)20(18)21(26)32/h4-9,14,28H,10-13H2,1-3H3,(H2,26,32)(H3,27,29,33). The van der Waals surface area contributed by atoms with Gasteiger partial charge in [-0.15, -0.1) is 0 Å². The highest BCUT2D eigenvalue weighted by Crippen LogP contribution is 2.31. The van der Waals surface area contributed by atoms with Crippen LogP contribution in [0, 0.1) is 0 Å². The van der Waals surface area contributed by atoms with Crippen LogP contribution < -0.4 is 21.7 Å². The average Bonchev–Trinajstić information content (AvgIpc) is 3.14. The quantitative estimate of drug-likeness (QED) is 0.453. The molecule has 0 saturated carbocycles. The van der Waals surface area contributed by atoms with Crippen molar-refractivity contribution < 1.29 is 19.1 Å². The van der Waals surface area contributed by atoms with Gasteiger partial charge in [0, 0.05) is 42.8 Å². The number of nitrogens with two attached hydrogens (primary N) is 2. The number of benzene rings is 2. The number of aromatic amines is 1. The summed E-state index contributed by atoms with van der Waals surface area (Å²) in [7, 11) is 0. The van der Waals surface area contributed by atoms with E-state index in [0.29, 0.717) is 24.0 Å². The SMILES string of the molecule is CC(C)(C)OC(=O)N1CCN(c2ccc(-c3ccc4c(C(N)=O)c(NC(N)=O)[nH]c4c3)cc2)CC1. The molecule has 1 aromatic heterocycles. The number of piperazine rings is 1. The smallest absolute Gasteiger partial charge is 0.410 e. The second kappa shape index (κ2) is 9.21. The fraction of sp³-hybridized carbons (Fsp3) is 0.320. The number of carbonyl (C=O) groups excluding carboxylic acids is 3. The molecule has 1 aliphatic rings. The predicted octanol–water partition coefficient (Wildman–Crippen LogP) is 3.48. The van der Waals surface area contributed by atoms with E-state index >= 15 is 0 Å². The molecule has 35 heavy (non-hydrogen) atoms. The first-order valence-electron chi connectivity index (χ1n) is 11.4. The predicted molar refractivity (Wildman–Crippen MR) is 135 cm³/mol. The number of primary amides is 2. The van der Waals surface area contributed by atoms with E-state index < -0.39 is 17.5 Å². The van der Waals surface area contributed by atoms with Gasteiger partial charge in [0.1, 0.15) is 11.4 Å². The number of hydrogen-bond donors (Lipinski definition) is 4. The minimum Gasteiger partial charge on any atom is -0.444 e. The minimum absolute atomic E-state index is 0.179. The molecule has 10 heteroatoms. The number of anilines is 2. The van der Waals surface area contributed by atoms with E-state index in [4.69, 9.17) is 16.2 Å². The van der Waals surface area contributed by atoms with Crippen LogP contribution in [0.2, 0.25) is 0 Å². The Kier molecular flexibility index (Phi) is 6.29. The molecule has 0 unspecified atom stereocenters. The number of ether oxygens (including phenoxy) is 1. The Morgan fingerprint density at radius 2 is 1.57 bits per heavy atom. The van der Waals surface area contributed by atoms with Crippen LogP contribution in [0.15, 0.2) is 42.5 Å². The third kappa shape index (κ3) is 5.32. The first-order valence-corrected chi connectivity index (χ1v) is 11.4. The maximum Gasteiger partial charge on any atom is 0.410 e. The number of nitrogens with zero attached hydrogens (tertiary/aromatic N) is 2. The third-order valence-electron chi connectivity index (χ3n) is 5.79. The molecule has 2 aromatic carbocycles. The monoisotopic (exact) mass is 478 g/mol. The van der Waals surface area contributed by atoms with E-state index in [1.807, 2.05) is 57.2 Å². The number of aromatic nitrogens is 1. The van der Waals surface area contributed by atoms with Gasteiger partial charge >= 0.3 is 12.1 Å². The van der Waals surface area contributed by atoms with Crippen molar-refractivity contribution in [3.8, 4) is 11.1 Å². The Morgan fingerprint density at radius 1 is 0.943 bits per heavy atom. The molecule has 0 radical (unpaired) electrons. The van der Waals surface area contributed by atoms with E-state index in [-0.39, 0.29) is 17.5 Å². The summed E-state index contributed by atoms with van der Waals surface area (Å²) in [6.45, 7) is 8.24. The molecule has 1 aliphatic heterocycles. The molecule has 0 bridgehead atoms. The molecule has 3 aromatic rings. The molecule has 184 valence electrons. The van der Waals surface area contributed by atoms with Gasteiger partial charge in [0.25, 0.3) is 5.91 Å². The van der Waals surface area contributed by atoms with E-state index in [9.17, 15) is 14.4 Å². The molecule has 10 nitrogen and oxygen atoms in total. The van der Waals surface area contributed by atoms with Crippen molar-refractivity contribution in [1.82, 2.24) is 9.88 Å². The van der Waals surface area contributed by atoms with Crippen LogP contribution in [-0.4, -0.2) is 59.7 Å². The summed E-state index contributed by atoms with van der Waals surface area (Å²) in [6.07, 6.45) is -0.277. The largest absolute Gasteiger partial charge is 0.444 e. The van der Waals surface area contributed by atoms with Gasteiger partial charge in [-0.05, 0) is 50.1 Å². The first kappa shape index (κ1) is 23.9. The van der Waals surface area contributed by atoms with Gasteiger partial charge in [0.05, 0.1) is 5.56 Å². The summed E-state index contributed by atoms with van der Waals surface area (Å²) in [5.41, 5.74) is 14.0. The van der Waals surface area contributed by atoms with Crippen molar-refractivity contribution in [3.63, 3.8) is 0 Å². The molecule has 0 spiro atoms. The van der Waals surface area contributed by atoms with Gasteiger partial charge in [0.15, 0.2) is 0 Å². The molecular weight excluding hydrogens is 448 g/mol. The molecule has 4 amide bonds. The summed E-state index contributed by atoms with van der Waals surface area (Å²) < 4.78 is 5.47. The summed E-state index contributed by atoms with van der Waals surface area (Å²) in [6, 6.07) is 12.9. The van der Waals surface area contributed by atoms with Gasteiger partial charge in [-0.2, -0.15) is 0 Å². The molecule has 0 atom stereocenters. The highest BCUT2D eigenvalue weighted by atomic mass is 16.6. The lowest BCUT2D eigenvalue weighted by Gasteiger charge is -2.36. The van der Waals surface area contributed by atoms with Crippen molar-refractivity contribution in [3.05, 3.63) is 48.0 Å². The van der Waals surface area contributed by atoms with Crippen LogP contribution >= 0.6 is 0 Å². The second-order valence-corrected chi connectivity index (χ2v) is 9.49. The molecule has 0 aliphatic carbocycles. The average molecular weight is 479 g/mol. The zero-order valence-electron chi connectivity index (χ0n) is 20.1. The lowest BCUT2D eigenvalue weighted by Crippen LogP contribution is -2.50. The van der Waals surface area contributed by atoms with Crippen LogP contribution in [0.25, 0.3) is 22.0 Å². The molecular formula is C25H30N6O4. The van der Waals surface area contributed by atoms with Crippen LogP contribution in [0.3, 0.4) is 0 Å². The van der Waals surface area contributed by atoms with Crippen LogP contribution in [0.4, 0.5) is 21.1 Å². The van der Waals surface area contributed by atoms with E-state index in [0.717, 1.165) is 29.9 Å². The Bertz CT molecular complexity index is 1270. The summed E-state index contributed by atoms with van der Waals surface area (Å²) in [5, 5.41) is 3.01. The Hall–Kier alpha value is -4.21. The minimum atomic E-state index is -0.790. The van der Waals surface area contributed by atoms with Crippen molar-refractivity contribution in [2.45, 2.75) is 26.4 Å². The second-order valence-electron chi connectivity index (χ2n) is 9.49. The number of carbonyl (C=O) groups is 3. The zero-order chi connectivity index (χ0) is 25.3. The van der Waals surface area contributed by atoms with Gasteiger partial charge < -0.3 is 31.0 Å². The molecule has 2 heterocycles. The summed E-state index contributed by atoms with van der Waals surface area (Å²) in [4.78, 5) is 42.5. The number of fused-ring (bicyclic) bond motifs is 1. The van der Waals surface area contributed by atoms with Gasteiger partial charge in [0.2, 0.25) is 0 Å². The third-order valence-corrected chi connectivity index (χ3v) is 5.79. The van der Waals surface area contributed by atoms with E-state index in [2.05, 4.69) is 15.2 Å². The Labute approximate surface area is 203 Å². The van der Waals surface area contributed by atoms with Crippen molar-refractivity contribution in [2.75, 3.05) is 36.4 Å². The molecule has 1 saturated heterocycles. The highest BCUT2D eigenvalue weighted by Gasteiger charge is 2.26. The zero-order valence-corrected chi connectivity index (χ0v) is 20.1. The fourth-order valence-corrected chi connectivity index (χ4v) is 4.19. The Balaban J connectivity index is 1.48. The van der Waals surface area contributed by atoms with Gasteiger partial charge in [-0.3, -0.25) is 10.1 Å². The lowest BCUT2D eigenvalue weighted by molar-refractivity contribution is 0.0240. The fourth-order valence-electron chi connectivity index (χ4n) is 4.19. The molecule has 4 rings (SSSR count).